The largest absolute Gasteiger partial charge is 0.480 e. The van der Waals surface area contributed by atoms with Crippen LogP contribution in [0.25, 0.3) is 10.9 Å². The van der Waals surface area contributed by atoms with Crippen LogP contribution in [0.4, 0.5) is 0 Å². The number of halogens is 1. The molecule has 0 aromatic carbocycles. The average Bonchev–Trinajstić information content (AvgIpc) is 3.36. The van der Waals surface area contributed by atoms with Gasteiger partial charge in [-0.1, -0.05) is 24.4 Å². The summed E-state index contributed by atoms with van der Waals surface area (Å²) in [5.74, 6) is -0.335. The molecule has 11 heteroatoms. The fourth-order valence-corrected chi connectivity index (χ4v) is 4.46. The molecule has 2 aromatic rings. The lowest BCUT2D eigenvalue weighted by Crippen LogP contribution is -2.50. The number of rotatable bonds is 9. The maximum atomic E-state index is 13.0. The summed E-state index contributed by atoms with van der Waals surface area (Å²) >= 11 is 6.29. The number of H-pyrrole nitrogens is 1. The van der Waals surface area contributed by atoms with E-state index in [2.05, 4.69) is 32.0 Å². The van der Waals surface area contributed by atoms with Crippen molar-refractivity contribution in [2.45, 2.75) is 50.4 Å². The van der Waals surface area contributed by atoms with E-state index in [1.807, 2.05) is 0 Å². The number of aromatic amines is 1. The van der Waals surface area contributed by atoms with E-state index in [-0.39, 0.29) is 22.5 Å². The first-order chi connectivity index (χ1) is 15.9. The van der Waals surface area contributed by atoms with Gasteiger partial charge < -0.3 is 25.5 Å². The minimum atomic E-state index is -0.776. The highest BCUT2D eigenvalue weighted by Gasteiger charge is 2.33. The van der Waals surface area contributed by atoms with Crippen molar-refractivity contribution in [2.24, 2.45) is 11.8 Å². The maximum Gasteiger partial charge on any atom is 0.268 e. The van der Waals surface area contributed by atoms with E-state index in [1.165, 1.54) is 13.3 Å². The number of amides is 2. The molecule has 5 N–H and O–H groups in total. The van der Waals surface area contributed by atoms with Gasteiger partial charge in [0.1, 0.15) is 29.0 Å². The average molecular weight is 475 g/mol. The van der Waals surface area contributed by atoms with Gasteiger partial charge in [0.25, 0.3) is 5.91 Å². The Bertz CT molecular complexity index is 1080. The van der Waals surface area contributed by atoms with Gasteiger partial charge in [-0.25, -0.2) is 4.98 Å². The molecule has 1 unspecified atom stereocenters. The molecule has 2 aromatic heterocycles. The number of aliphatic hydroxyl groups excluding tert-OH is 1. The van der Waals surface area contributed by atoms with E-state index in [1.54, 1.807) is 6.07 Å². The summed E-state index contributed by atoms with van der Waals surface area (Å²) in [6, 6.07) is 2.17. The Hall–Kier alpha value is -2.87. The summed E-state index contributed by atoms with van der Waals surface area (Å²) in [4.78, 5) is 33.0. The van der Waals surface area contributed by atoms with Crippen LogP contribution in [0.5, 0.6) is 5.88 Å². The number of hydrogen-bond acceptors (Lipinski definition) is 7. The van der Waals surface area contributed by atoms with E-state index in [9.17, 15) is 20.0 Å². The Labute approximate surface area is 196 Å². The molecule has 176 valence electrons. The van der Waals surface area contributed by atoms with Crippen molar-refractivity contribution >= 4 is 34.3 Å². The van der Waals surface area contributed by atoms with Crippen LogP contribution in [0.1, 0.15) is 42.6 Å². The number of aliphatic hydroxyl groups is 1. The van der Waals surface area contributed by atoms with Crippen LogP contribution in [-0.2, 0) is 4.79 Å². The quantitative estimate of drug-likeness (QED) is 0.368. The van der Waals surface area contributed by atoms with Crippen LogP contribution in [0, 0.1) is 23.2 Å². The smallest absolute Gasteiger partial charge is 0.268 e. The van der Waals surface area contributed by atoms with Crippen LogP contribution in [0.2, 0.25) is 5.02 Å². The van der Waals surface area contributed by atoms with Gasteiger partial charge in [0.15, 0.2) is 0 Å². The fraction of sp³-hybridized carbons (Fsp3) is 0.545. The molecule has 2 aliphatic rings. The number of aromatic nitrogens is 2. The molecule has 1 aliphatic carbocycles. The highest BCUT2D eigenvalue weighted by Crippen LogP contribution is 2.34. The van der Waals surface area contributed by atoms with Gasteiger partial charge in [0, 0.05) is 11.3 Å². The summed E-state index contributed by atoms with van der Waals surface area (Å²) in [7, 11) is 1.46. The van der Waals surface area contributed by atoms with Crippen molar-refractivity contribution in [3.8, 4) is 11.9 Å². The van der Waals surface area contributed by atoms with Crippen molar-refractivity contribution in [3.05, 3.63) is 23.0 Å². The number of pyridine rings is 1. The number of hydrogen-bond donors (Lipinski definition) is 5. The summed E-state index contributed by atoms with van der Waals surface area (Å²) in [6.45, 7) is 0.675. The molecular weight excluding hydrogens is 448 g/mol. The van der Waals surface area contributed by atoms with Crippen LogP contribution < -0.4 is 20.7 Å². The predicted octanol–water partition coefficient (Wildman–Crippen LogP) is 1.45. The number of fused-ring (bicyclic) bond motifs is 1. The van der Waals surface area contributed by atoms with Crippen LogP contribution in [0.15, 0.2) is 12.3 Å². The zero-order valence-corrected chi connectivity index (χ0v) is 19.0. The van der Waals surface area contributed by atoms with Crippen molar-refractivity contribution < 1.29 is 19.4 Å². The second kappa shape index (κ2) is 9.95. The van der Waals surface area contributed by atoms with Gasteiger partial charge in [-0.15, -0.1) is 0 Å². The summed E-state index contributed by atoms with van der Waals surface area (Å²) in [5, 5.41) is 28.8. The second-order valence-corrected chi connectivity index (χ2v) is 9.05. The molecule has 10 nitrogen and oxygen atoms in total. The molecule has 33 heavy (non-hydrogen) atoms. The highest BCUT2D eigenvalue weighted by molar-refractivity contribution is 6.36. The van der Waals surface area contributed by atoms with Gasteiger partial charge in [-0.05, 0) is 37.8 Å². The Morgan fingerprint density at radius 1 is 1.36 bits per heavy atom. The first kappa shape index (κ1) is 23.3. The van der Waals surface area contributed by atoms with Gasteiger partial charge in [0.05, 0.1) is 24.9 Å². The number of ether oxygens (including phenoxy) is 1. The molecular formula is C22H27ClN6O4. The Kier molecular flexibility index (Phi) is 7.02. The highest BCUT2D eigenvalue weighted by atomic mass is 35.5. The molecule has 4 rings (SSSR count). The summed E-state index contributed by atoms with van der Waals surface area (Å²) < 4.78 is 5.11. The van der Waals surface area contributed by atoms with Gasteiger partial charge >= 0.3 is 0 Å². The normalized spacial score (nSPS) is 21.9. The summed E-state index contributed by atoms with van der Waals surface area (Å²) in [6.07, 6.45) is 4.44. The Morgan fingerprint density at radius 3 is 2.79 bits per heavy atom. The molecule has 0 radical (unpaired) electrons. The van der Waals surface area contributed by atoms with Crippen LogP contribution >= 0.6 is 11.6 Å². The number of carbonyl (C=O) groups excluding carboxylic acids is 2. The van der Waals surface area contributed by atoms with E-state index < -0.39 is 30.1 Å². The van der Waals surface area contributed by atoms with Crippen molar-refractivity contribution in [2.75, 3.05) is 13.7 Å². The second-order valence-electron chi connectivity index (χ2n) is 8.67. The standard InChI is InChI=1S/C22H27ClN6O4/c1-33-22-18(23)14-8-16(28-17(14)10-26-22)21(32)29-15(6-11-2-3-11)20(31)27-13(9-24)7-12-4-5-25-19(12)30/h8,10-13,15,19,25,28,30H,2-7H2,1H3,(H,27,31)(H,29,32)/t12-,13-,15-,19?/m0/s1. The molecule has 2 fully saturated rings. The van der Waals surface area contributed by atoms with Crippen LogP contribution in [-0.4, -0.2) is 58.9 Å². The first-order valence-electron chi connectivity index (χ1n) is 11.0. The van der Waals surface area contributed by atoms with Crippen molar-refractivity contribution in [3.63, 3.8) is 0 Å². The minimum Gasteiger partial charge on any atom is -0.480 e. The number of methoxy groups -OCH3 is 1. The molecule has 1 aliphatic heterocycles. The zero-order valence-electron chi connectivity index (χ0n) is 18.2. The maximum absolute atomic E-state index is 13.0. The number of nitrogens with zero attached hydrogens (tertiary/aromatic N) is 2. The van der Waals surface area contributed by atoms with Crippen molar-refractivity contribution in [1.29, 1.82) is 5.26 Å². The van der Waals surface area contributed by atoms with Crippen molar-refractivity contribution in [1.82, 2.24) is 25.9 Å². The van der Waals surface area contributed by atoms with Crippen LogP contribution in [0.3, 0.4) is 0 Å². The third kappa shape index (κ3) is 5.38. The number of nitrogens with one attached hydrogen (secondary N) is 4. The lowest BCUT2D eigenvalue weighted by molar-refractivity contribution is -0.123. The third-order valence-corrected chi connectivity index (χ3v) is 6.60. The predicted molar refractivity (Wildman–Crippen MR) is 121 cm³/mol. The zero-order chi connectivity index (χ0) is 23.5. The lowest BCUT2D eigenvalue weighted by Gasteiger charge is -2.22. The number of nitriles is 1. The van der Waals surface area contributed by atoms with Gasteiger partial charge in [-0.2, -0.15) is 5.26 Å². The lowest BCUT2D eigenvalue weighted by atomic mass is 9.98. The molecule has 0 bridgehead atoms. The Morgan fingerprint density at radius 2 is 2.15 bits per heavy atom. The minimum absolute atomic E-state index is 0.104. The molecule has 3 heterocycles. The topological polar surface area (TPSA) is 152 Å². The molecule has 1 saturated heterocycles. The van der Waals surface area contributed by atoms with Gasteiger partial charge in [-0.3, -0.25) is 14.9 Å². The fourth-order valence-electron chi connectivity index (χ4n) is 4.17. The molecule has 4 atom stereocenters. The molecule has 0 spiro atoms. The van der Waals surface area contributed by atoms with E-state index >= 15 is 0 Å². The van der Waals surface area contributed by atoms with Gasteiger partial charge in [0.2, 0.25) is 11.8 Å². The van der Waals surface area contributed by atoms with E-state index in [0.717, 1.165) is 19.3 Å². The third-order valence-electron chi connectivity index (χ3n) is 6.23. The first-order valence-corrected chi connectivity index (χ1v) is 11.4. The Balaban J connectivity index is 1.45. The monoisotopic (exact) mass is 474 g/mol. The number of carbonyl (C=O) groups is 2. The van der Waals surface area contributed by atoms with E-state index in [0.29, 0.717) is 36.2 Å². The SMILES string of the molecule is COc1ncc2[nH]c(C(=O)N[C@@H](CC3CC3)C(=O)N[C@H](C#N)C[C@@H]3CCNC3O)cc2c1Cl. The van der Waals surface area contributed by atoms with E-state index in [4.69, 9.17) is 16.3 Å². The summed E-state index contributed by atoms with van der Waals surface area (Å²) in [5.41, 5.74) is 0.815. The molecule has 1 saturated carbocycles. The molecule has 2 amide bonds.